The van der Waals surface area contributed by atoms with Crippen LogP contribution in [-0.2, 0) is 0 Å². The SMILES string of the molecule is CC(NC(=O)c1ccc(C#CCCO)cn1)c1ncc[nH]1. The van der Waals surface area contributed by atoms with Gasteiger partial charge in [0.25, 0.3) is 5.91 Å². The van der Waals surface area contributed by atoms with Crippen LogP contribution in [0.3, 0.4) is 0 Å². The first-order chi connectivity index (χ1) is 10.2. The van der Waals surface area contributed by atoms with Gasteiger partial charge < -0.3 is 15.4 Å². The maximum atomic E-state index is 12.0. The minimum absolute atomic E-state index is 0.0333. The van der Waals surface area contributed by atoms with Crippen LogP contribution in [0.1, 0.15) is 41.3 Å². The predicted molar refractivity (Wildman–Crippen MR) is 77.3 cm³/mol. The molecule has 0 aliphatic carbocycles. The van der Waals surface area contributed by atoms with Gasteiger partial charge in [0.2, 0.25) is 0 Å². The fourth-order valence-corrected chi connectivity index (χ4v) is 1.68. The number of rotatable bonds is 4. The number of hydrogen-bond donors (Lipinski definition) is 3. The number of nitrogens with zero attached hydrogens (tertiary/aromatic N) is 2. The molecular weight excluding hydrogens is 268 g/mol. The number of aliphatic hydroxyl groups is 1. The van der Waals surface area contributed by atoms with Crippen molar-refractivity contribution in [2.45, 2.75) is 19.4 Å². The Bertz CT molecular complexity index is 639. The zero-order valence-electron chi connectivity index (χ0n) is 11.6. The fraction of sp³-hybridized carbons (Fsp3) is 0.267. The van der Waals surface area contributed by atoms with Crippen molar-refractivity contribution >= 4 is 5.91 Å². The number of nitrogens with one attached hydrogen (secondary N) is 2. The van der Waals surface area contributed by atoms with Gasteiger partial charge in [-0.1, -0.05) is 11.8 Å². The zero-order valence-corrected chi connectivity index (χ0v) is 11.6. The molecule has 0 radical (unpaired) electrons. The third-order valence-corrected chi connectivity index (χ3v) is 2.74. The van der Waals surface area contributed by atoms with Gasteiger partial charge in [-0.2, -0.15) is 0 Å². The first-order valence-corrected chi connectivity index (χ1v) is 6.56. The number of H-pyrrole nitrogens is 1. The third kappa shape index (κ3) is 4.16. The molecule has 2 aromatic heterocycles. The number of aliphatic hydroxyl groups excluding tert-OH is 1. The van der Waals surface area contributed by atoms with E-state index < -0.39 is 0 Å². The minimum atomic E-state index is -0.270. The van der Waals surface area contributed by atoms with Crippen molar-refractivity contribution in [2.24, 2.45) is 0 Å². The average Bonchev–Trinajstić information content (AvgIpc) is 3.02. The summed E-state index contributed by atoms with van der Waals surface area (Å²) in [5, 5.41) is 11.5. The third-order valence-electron chi connectivity index (χ3n) is 2.74. The molecule has 0 aliphatic heterocycles. The number of aromatic amines is 1. The Morgan fingerprint density at radius 1 is 1.48 bits per heavy atom. The fourth-order valence-electron chi connectivity index (χ4n) is 1.68. The average molecular weight is 284 g/mol. The molecule has 3 N–H and O–H groups in total. The van der Waals surface area contributed by atoms with Crippen molar-refractivity contribution in [3.05, 3.63) is 47.8 Å². The largest absolute Gasteiger partial charge is 0.395 e. The van der Waals surface area contributed by atoms with Crippen LogP contribution in [0.2, 0.25) is 0 Å². The molecule has 0 saturated heterocycles. The van der Waals surface area contributed by atoms with Crippen LogP contribution in [0.4, 0.5) is 0 Å². The number of carbonyl (C=O) groups is 1. The van der Waals surface area contributed by atoms with Crippen molar-refractivity contribution in [1.29, 1.82) is 0 Å². The Labute approximate surface area is 122 Å². The topological polar surface area (TPSA) is 90.9 Å². The van der Waals surface area contributed by atoms with E-state index in [1.54, 1.807) is 24.5 Å². The molecule has 108 valence electrons. The highest BCUT2D eigenvalue weighted by Gasteiger charge is 2.13. The summed E-state index contributed by atoms with van der Waals surface area (Å²) >= 11 is 0. The van der Waals surface area contributed by atoms with Crippen LogP contribution in [0.15, 0.2) is 30.7 Å². The van der Waals surface area contributed by atoms with E-state index in [4.69, 9.17) is 5.11 Å². The lowest BCUT2D eigenvalue weighted by Gasteiger charge is -2.10. The molecule has 2 heterocycles. The second-order valence-corrected chi connectivity index (χ2v) is 4.38. The number of pyridine rings is 1. The maximum absolute atomic E-state index is 12.0. The van der Waals surface area contributed by atoms with E-state index in [9.17, 15) is 4.79 Å². The summed E-state index contributed by atoms with van der Waals surface area (Å²) in [7, 11) is 0. The number of imidazole rings is 1. The molecular formula is C15H16N4O2. The van der Waals surface area contributed by atoms with Crippen molar-refractivity contribution in [3.8, 4) is 11.8 Å². The van der Waals surface area contributed by atoms with Gasteiger partial charge in [0.15, 0.2) is 0 Å². The molecule has 6 nitrogen and oxygen atoms in total. The van der Waals surface area contributed by atoms with E-state index in [2.05, 4.69) is 32.1 Å². The van der Waals surface area contributed by atoms with E-state index >= 15 is 0 Å². The Morgan fingerprint density at radius 2 is 2.33 bits per heavy atom. The standard InChI is InChI=1S/C15H16N4O2/c1-11(14-16-7-8-17-14)19-15(21)13-6-5-12(10-18-13)4-2-3-9-20/h5-8,10-11,20H,3,9H2,1H3,(H,16,17)(H,19,21). The molecule has 2 rings (SSSR count). The molecule has 6 heteroatoms. The van der Waals surface area contributed by atoms with Gasteiger partial charge in [0.05, 0.1) is 12.6 Å². The van der Waals surface area contributed by atoms with Crippen LogP contribution in [0.25, 0.3) is 0 Å². The molecule has 0 aliphatic rings. The molecule has 21 heavy (non-hydrogen) atoms. The number of carbonyl (C=O) groups excluding carboxylic acids is 1. The normalized spacial score (nSPS) is 11.3. The molecule has 0 spiro atoms. The van der Waals surface area contributed by atoms with Crippen LogP contribution in [-0.4, -0.2) is 32.6 Å². The number of aromatic nitrogens is 3. The van der Waals surface area contributed by atoms with E-state index in [-0.39, 0.29) is 18.6 Å². The number of hydrogen-bond acceptors (Lipinski definition) is 4. The van der Waals surface area contributed by atoms with Crippen LogP contribution in [0, 0.1) is 11.8 Å². The lowest BCUT2D eigenvalue weighted by atomic mass is 10.2. The molecule has 0 fully saturated rings. The maximum Gasteiger partial charge on any atom is 0.270 e. The van der Waals surface area contributed by atoms with Gasteiger partial charge in [-0.25, -0.2) is 9.97 Å². The van der Waals surface area contributed by atoms with Crippen LogP contribution < -0.4 is 5.32 Å². The lowest BCUT2D eigenvalue weighted by Crippen LogP contribution is -2.28. The Hall–Kier alpha value is -2.65. The molecule has 1 amide bonds. The summed E-state index contributed by atoms with van der Waals surface area (Å²) in [4.78, 5) is 23.2. The smallest absolute Gasteiger partial charge is 0.270 e. The Kier molecular flexibility index (Phi) is 5.07. The highest BCUT2D eigenvalue weighted by Crippen LogP contribution is 2.07. The van der Waals surface area contributed by atoms with Crippen LogP contribution in [0.5, 0.6) is 0 Å². The van der Waals surface area contributed by atoms with E-state index in [1.807, 2.05) is 6.92 Å². The number of amides is 1. The molecule has 1 unspecified atom stereocenters. The summed E-state index contributed by atoms with van der Waals surface area (Å²) in [5.41, 5.74) is 1.03. The highest BCUT2D eigenvalue weighted by molar-refractivity contribution is 5.92. The summed E-state index contributed by atoms with van der Waals surface area (Å²) in [6, 6.07) is 3.12. The molecule has 1 atom stereocenters. The minimum Gasteiger partial charge on any atom is -0.395 e. The first-order valence-electron chi connectivity index (χ1n) is 6.56. The zero-order chi connectivity index (χ0) is 15.1. The van der Waals surface area contributed by atoms with Crippen molar-refractivity contribution < 1.29 is 9.90 Å². The summed E-state index contributed by atoms with van der Waals surface area (Å²) < 4.78 is 0. The Morgan fingerprint density at radius 3 is 2.95 bits per heavy atom. The second-order valence-electron chi connectivity index (χ2n) is 4.38. The summed E-state index contributed by atoms with van der Waals surface area (Å²) in [5.74, 6) is 6.07. The van der Waals surface area contributed by atoms with E-state index in [0.717, 1.165) is 0 Å². The van der Waals surface area contributed by atoms with Gasteiger partial charge >= 0.3 is 0 Å². The second kappa shape index (κ2) is 7.22. The van der Waals surface area contributed by atoms with Crippen LogP contribution >= 0.6 is 0 Å². The molecule has 2 aromatic rings. The highest BCUT2D eigenvalue weighted by atomic mass is 16.2. The molecule has 0 bridgehead atoms. The van der Waals surface area contributed by atoms with Gasteiger partial charge in [-0.15, -0.1) is 0 Å². The van der Waals surface area contributed by atoms with Crippen molar-refractivity contribution in [3.63, 3.8) is 0 Å². The van der Waals surface area contributed by atoms with Gasteiger partial charge in [-0.05, 0) is 19.1 Å². The predicted octanol–water partition coefficient (Wildman–Crippen LogP) is 1.03. The van der Waals surface area contributed by atoms with E-state index in [1.165, 1.54) is 6.20 Å². The first kappa shape index (κ1) is 14.8. The van der Waals surface area contributed by atoms with Gasteiger partial charge in [0, 0.05) is 30.6 Å². The monoisotopic (exact) mass is 284 g/mol. The summed E-state index contributed by atoms with van der Waals surface area (Å²) in [6.45, 7) is 1.87. The van der Waals surface area contributed by atoms with Crippen molar-refractivity contribution in [1.82, 2.24) is 20.3 Å². The Balaban J connectivity index is 1.98. The van der Waals surface area contributed by atoms with Gasteiger partial charge in [-0.3, -0.25) is 4.79 Å². The van der Waals surface area contributed by atoms with E-state index in [0.29, 0.717) is 23.5 Å². The molecule has 0 saturated carbocycles. The molecule has 0 aromatic carbocycles. The quantitative estimate of drug-likeness (QED) is 0.731. The summed E-state index contributed by atoms with van der Waals surface area (Å²) in [6.07, 6.45) is 5.30. The van der Waals surface area contributed by atoms with Crippen molar-refractivity contribution in [2.75, 3.05) is 6.61 Å². The van der Waals surface area contributed by atoms with Gasteiger partial charge in [0.1, 0.15) is 11.5 Å². The lowest BCUT2D eigenvalue weighted by molar-refractivity contribution is 0.0933.